The Hall–Kier alpha value is -3.41. The van der Waals surface area contributed by atoms with E-state index in [0.29, 0.717) is 18.0 Å². The number of hydrogen-bond donors (Lipinski definition) is 0. The molecule has 2 heterocycles. The van der Waals surface area contributed by atoms with Crippen LogP contribution in [-0.2, 0) is 11.3 Å². The summed E-state index contributed by atoms with van der Waals surface area (Å²) < 4.78 is 1.82. The average molecular weight is 443 g/mol. The van der Waals surface area contributed by atoms with E-state index in [1.807, 2.05) is 83.5 Å². The minimum Gasteiger partial charge on any atom is -0.340 e. The van der Waals surface area contributed by atoms with Crippen molar-refractivity contribution in [3.8, 4) is 5.69 Å². The minimum absolute atomic E-state index is 0.0149. The summed E-state index contributed by atoms with van der Waals surface area (Å²) in [4.78, 5) is 30.8. The maximum atomic E-state index is 13.6. The van der Waals surface area contributed by atoms with Crippen LogP contribution in [0.4, 0.5) is 0 Å². The quantitative estimate of drug-likeness (QED) is 0.592. The first kappa shape index (κ1) is 21.4. The molecule has 0 radical (unpaired) electrons. The molecule has 2 amide bonds. The minimum atomic E-state index is -0.403. The standard InChI is InChI=1S/C27H30N4O2/c1-29(18-20-17-28-30(19-20)23-13-6-3-7-14-23)27(33)25-16-22-12-8-9-15-24(22)31(25)26(32)21-10-4-2-5-11-21/h2-7,10-11,13-14,17,19,22,24-25H,8-9,12,15-16,18H2,1H3. The molecule has 3 atom stereocenters. The van der Waals surface area contributed by atoms with Crippen molar-refractivity contribution in [2.24, 2.45) is 5.92 Å². The number of para-hydroxylation sites is 1. The fourth-order valence-corrected chi connectivity index (χ4v) is 5.47. The number of benzene rings is 2. The molecule has 3 unspecified atom stereocenters. The number of amides is 2. The fourth-order valence-electron chi connectivity index (χ4n) is 5.47. The second-order valence-corrected chi connectivity index (χ2v) is 9.26. The molecule has 0 N–H and O–H groups in total. The van der Waals surface area contributed by atoms with Crippen LogP contribution in [0, 0.1) is 5.92 Å². The van der Waals surface area contributed by atoms with Crippen LogP contribution < -0.4 is 0 Å². The molecule has 170 valence electrons. The highest BCUT2D eigenvalue weighted by Crippen LogP contribution is 2.41. The third-order valence-electron chi connectivity index (χ3n) is 7.08. The van der Waals surface area contributed by atoms with E-state index in [1.54, 1.807) is 11.1 Å². The van der Waals surface area contributed by atoms with Gasteiger partial charge in [0.1, 0.15) is 6.04 Å². The second kappa shape index (κ2) is 9.22. The van der Waals surface area contributed by atoms with Gasteiger partial charge in [0, 0.05) is 37.0 Å². The maximum absolute atomic E-state index is 13.6. The van der Waals surface area contributed by atoms with Crippen molar-refractivity contribution in [2.45, 2.75) is 50.7 Å². The zero-order valence-corrected chi connectivity index (χ0v) is 19.0. The van der Waals surface area contributed by atoms with E-state index in [-0.39, 0.29) is 17.9 Å². The fraction of sp³-hybridized carbons (Fsp3) is 0.370. The molecule has 5 rings (SSSR count). The molecule has 2 aliphatic rings. The van der Waals surface area contributed by atoms with E-state index in [0.717, 1.165) is 36.9 Å². The summed E-state index contributed by atoms with van der Waals surface area (Å²) in [5, 5.41) is 4.45. The Morgan fingerprint density at radius 3 is 2.45 bits per heavy atom. The van der Waals surface area contributed by atoms with Crippen molar-refractivity contribution in [3.63, 3.8) is 0 Å². The van der Waals surface area contributed by atoms with Gasteiger partial charge in [-0.1, -0.05) is 49.2 Å². The van der Waals surface area contributed by atoms with Crippen LogP contribution in [0.1, 0.15) is 48.0 Å². The van der Waals surface area contributed by atoms with Crippen LogP contribution in [0.5, 0.6) is 0 Å². The van der Waals surface area contributed by atoms with Gasteiger partial charge in [-0.05, 0) is 49.4 Å². The monoisotopic (exact) mass is 442 g/mol. The lowest BCUT2D eigenvalue weighted by Gasteiger charge is -2.34. The number of likely N-dealkylation sites (N-methyl/N-ethyl adjacent to an activating group) is 1. The normalized spacial score (nSPS) is 22.1. The Morgan fingerprint density at radius 1 is 1.00 bits per heavy atom. The van der Waals surface area contributed by atoms with Crippen molar-refractivity contribution < 1.29 is 9.59 Å². The number of aromatic nitrogens is 2. The molecule has 0 bridgehead atoms. The zero-order chi connectivity index (χ0) is 22.8. The predicted molar refractivity (Wildman–Crippen MR) is 127 cm³/mol. The first-order valence-electron chi connectivity index (χ1n) is 11.8. The van der Waals surface area contributed by atoms with Gasteiger partial charge in [-0.15, -0.1) is 0 Å². The number of carbonyl (C=O) groups is 2. The predicted octanol–water partition coefficient (Wildman–Crippen LogP) is 4.30. The molecular formula is C27H30N4O2. The number of hydrogen-bond acceptors (Lipinski definition) is 3. The van der Waals surface area contributed by atoms with Crippen LogP contribution in [0.2, 0.25) is 0 Å². The average Bonchev–Trinajstić information content (AvgIpc) is 3.49. The lowest BCUT2D eigenvalue weighted by Crippen LogP contribution is -2.49. The van der Waals surface area contributed by atoms with Gasteiger partial charge in [-0.2, -0.15) is 5.10 Å². The molecule has 0 spiro atoms. The molecule has 33 heavy (non-hydrogen) atoms. The van der Waals surface area contributed by atoms with Crippen molar-refractivity contribution in [1.82, 2.24) is 19.6 Å². The Kier molecular flexibility index (Phi) is 5.99. The summed E-state index contributed by atoms with van der Waals surface area (Å²) in [7, 11) is 1.83. The summed E-state index contributed by atoms with van der Waals surface area (Å²) in [6, 6.07) is 19.1. The van der Waals surface area contributed by atoms with Crippen molar-refractivity contribution in [2.75, 3.05) is 7.05 Å². The SMILES string of the molecule is CN(Cc1cnn(-c2ccccc2)c1)C(=O)C1CC2CCCCC2N1C(=O)c1ccccc1. The van der Waals surface area contributed by atoms with Gasteiger partial charge < -0.3 is 9.80 Å². The maximum Gasteiger partial charge on any atom is 0.254 e. The first-order chi connectivity index (χ1) is 16.1. The van der Waals surface area contributed by atoms with E-state index in [9.17, 15) is 9.59 Å². The van der Waals surface area contributed by atoms with Crippen LogP contribution in [0.3, 0.4) is 0 Å². The highest BCUT2D eigenvalue weighted by Gasteiger charge is 2.48. The smallest absolute Gasteiger partial charge is 0.254 e. The molecule has 6 heteroatoms. The van der Waals surface area contributed by atoms with Crippen LogP contribution in [0.25, 0.3) is 5.69 Å². The first-order valence-corrected chi connectivity index (χ1v) is 11.8. The highest BCUT2D eigenvalue weighted by molar-refractivity contribution is 5.98. The molecule has 1 aliphatic carbocycles. The topological polar surface area (TPSA) is 58.4 Å². The Balaban J connectivity index is 1.34. The number of likely N-dealkylation sites (tertiary alicyclic amines) is 1. The van der Waals surface area contributed by atoms with Crippen LogP contribution >= 0.6 is 0 Å². The van der Waals surface area contributed by atoms with Crippen molar-refractivity contribution in [1.29, 1.82) is 0 Å². The van der Waals surface area contributed by atoms with E-state index in [1.165, 1.54) is 6.42 Å². The van der Waals surface area contributed by atoms with Crippen LogP contribution in [-0.4, -0.2) is 50.5 Å². The van der Waals surface area contributed by atoms with Crippen molar-refractivity contribution in [3.05, 3.63) is 84.2 Å². The second-order valence-electron chi connectivity index (χ2n) is 9.26. The lowest BCUT2D eigenvalue weighted by molar-refractivity contribution is -0.134. The van der Waals surface area contributed by atoms with Gasteiger partial charge in [0.2, 0.25) is 5.91 Å². The molecule has 2 fully saturated rings. The summed E-state index contributed by atoms with van der Waals surface area (Å²) in [5.41, 5.74) is 2.61. The third kappa shape index (κ3) is 4.30. The van der Waals surface area contributed by atoms with Gasteiger partial charge in [0.25, 0.3) is 5.91 Å². The number of fused-ring (bicyclic) bond motifs is 1. The molecule has 6 nitrogen and oxygen atoms in total. The Labute approximate surface area is 194 Å². The molecule has 1 saturated carbocycles. The summed E-state index contributed by atoms with van der Waals surface area (Å²) in [6.07, 6.45) is 8.91. The van der Waals surface area contributed by atoms with Gasteiger partial charge in [-0.3, -0.25) is 9.59 Å². The van der Waals surface area contributed by atoms with E-state index in [4.69, 9.17) is 0 Å². The molecular weight excluding hydrogens is 412 g/mol. The summed E-state index contributed by atoms with van der Waals surface area (Å²) in [6.45, 7) is 0.463. The van der Waals surface area contributed by atoms with E-state index < -0.39 is 6.04 Å². The summed E-state index contributed by atoms with van der Waals surface area (Å²) in [5.74, 6) is 0.407. The largest absolute Gasteiger partial charge is 0.340 e. The number of nitrogens with zero attached hydrogens (tertiary/aromatic N) is 4. The van der Waals surface area contributed by atoms with E-state index >= 15 is 0 Å². The zero-order valence-electron chi connectivity index (χ0n) is 19.0. The highest BCUT2D eigenvalue weighted by atomic mass is 16.2. The molecule has 1 saturated heterocycles. The molecule has 1 aliphatic heterocycles. The van der Waals surface area contributed by atoms with Crippen molar-refractivity contribution >= 4 is 11.8 Å². The Bertz CT molecular complexity index is 1110. The summed E-state index contributed by atoms with van der Waals surface area (Å²) >= 11 is 0. The van der Waals surface area contributed by atoms with Gasteiger partial charge >= 0.3 is 0 Å². The third-order valence-corrected chi connectivity index (χ3v) is 7.08. The number of carbonyl (C=O) groups excluding carboxylic acids is 2. The molecule has 1 aromatic heterocycles. The molecule has 2 aromatic carbocycles. The van der Waals surface area contributed by atoms with E-state index in [2.05, 4.69) is 5.10 Å². The Morgan fingerprint density at radius 2 is 1.70 bits per heavy atom. The van der Waals surface area contributed by atoms with Crippen LogP contribution in [0.15, 0.2) is 73.1 Å². The lowest BCUT2D eigenvalue weighted by atomic mass is 9.84. The number of rotatable bonds is 5. The molecule has 3 aromatic rings. The van der Waals surface area contributed by atoms with Gasteiger partial charge in [-0.25, -0.2) is 4.68 Å². The van der Waals surface area contributed by atoms with Gasteiger partial charge in [0.15, 0.2) is 0 Å². The van der Waals surface area contributed by atoms with Gasteiger partial charge in [0.05, 0.1) is 11.9 Å².